The predicted molar refractivity (Wildman–Crippen MR) is 132 cm³/mol. The van der Waals surface area contributed by atoms with Crippen molar-refractivity contribution in [3.63, 3.8) is 0 Å². The Bertz CT molecular complexity index is 1580. The van der Waals surface area contributed by atoms with Gasteiger partial charge in [-0.05, 0) is 42.7 Å². The summed E-state index contributed by atoms with van der Waals surface area (Å²) in [5.41, 5.74) is 2.61. The van der Waals surface area contributed by atoms with Crippen molar-refractivity contribution in [3.05, 3.63) is 94.7 Å². The van der Waals surface area contributed by atoms with E-state index < -0.39 is 23.2 Å². The molecule has 1 spiro atoms. The highest BCUT2D eigenvalue weighted by Gasteiger charge is 2.74. The van der Waals surface area contributed by atoms with Gasteiger partial charge in [0.25, 0.3) is 5.91 Å². The molecule has 6 heteroatoms. The molecule has 36 heavy (non-hydrogen) atoms. The van der Waals surface area contributed by atoms with E-state index in [4.69, 9.17) is 13.9 Å². The Kier molecular flexibility index (Phi) is 3.81. The van der Waals surface area contributed by atoms with Crippen molar-refractivity contribution in [1.82, 2.24) is 4.90 Å². The highest BCUT2D eigenvalue weighted by Crippen LogP contribution is 2.69. The minimum absolute atomic E-state index is 0.0422. The topological polar surface area (TPSA) is 72.1 Å². The van der Waals surface area contributed by atoms with E-state index in [9.17, 15) is 9.90 Å². The maximum atomic E-state index is 13.8. The highest BCUT2D eigenvalue weighted by molar-refractivity contribution is 5.95. The van der Waals surface area contributed by atoms with E-state index >= 15 is 0 Å². The maximum absolute atomic E-state index is 13.8. The number of rotatable bonds is 2. The van der Waals surface area contributed by atoms with Gasteiger partial charge in [0.2, 0.25) is 0 Å². The van der Waals surface area contributed by atoms with Gasteiger partial charge in [-0.25, -0.2) is 0 Å². The van der Waals surface area contributed by atoms with Crippen LogP contribution in [-0.4, -0.2) is 41.2 Å². The fourth-order valence-corrected chi connectivity index (χ4v) is 7.63. The van der Waals surface area contributed by atoms with Crippen molar-refractivity contribution >= 4 is 16.9 Å². The average molecular weight is 480 g/mol. The van der Waals surface area contributed by atoms with Gasteiger partial charge >= 0.3 is 0 Å². The van der Waals surface area contributed by atoms with E-state index in [-0.39, 0.29) is 5.91 Å². The van der Waals surface area contributed by atoms with Gasteiger partial charge in [-0.2, -0.15) is 0 Å². The molecular weight excluding hydrogens is 454 g/mol. The zero-order valence-electron chi connectivity index (χ0n) is 19.9. The lowest BCUT2D eigenvalue weighted by atomic mass is 9.49. The second-order valence-electron chi connectivity index (χ2n) is 10.5. The van der Waals surface area contributed by atoms with Gasteiger partial charge in [0.1, 0.15) is 16.9 Å². The number of furan rings is 1. The Hall–Kier alpha value is -3.77. The van der Waals surface area contributed by atoms with Crippen LogP contribution in [0.1, 0.15) is 45.3 Å². The molecule has 4 aromatic rings. The van der Waals surface area contributed by atoms with Crippen LogP contribution in [0.3, 0.4) is 0 Å². The molecule has 1 amide bonds. The Balaban J connectivity index is 1.39. The molecular formula is C30H25NO5. The number of aliphatic hydroxyl groups is 1. The standard InChI is InChI=1S/C30H25NO5/c1-34-22-12-11-18-15-23-30(33)16-20-19-9-5-6-10-21(19)35-25(20)27-29(30,24(18)26(22)36-27)13-14-31(23)28(32)17-7-3-2-4-8-17/h2-12,23,27,33H,13-16H2,1H3/t23-,27+,29+,30-/m1/s1. The molecule has 4 atom stereocenters. The summed E-state index contributed by atoms with van der Waals surface area (Å²) >= 11 is 0. The fraction of sp³-hybridized carbons (Fsp3) is 0.300. The number of nitrogens with zero attached hydrogens (tertiary/aromatic N) is 1. The van der Waals surface area contributed by atoms with Gasteiger partial charge in [-0.15, -0.1) is 0 Å². The molecule has 1 N–H and O–H groups in total. The first-order chi connectivity index (χ1) is 17.6. The molecule has 1 saturated heterocycles. The molecule has 2 aliphatic carbocycles. The molecule has 0 unspecified atom stereocenters. The monoisotopic (exact) mass is 479 g/mol. The van der Waals surface area contributed by atoms with Gasteiger partial charge in [0.05, 0.1) is 18.6 Å². The van der Waals surface area contributed by atoms with Crippen molar-refractivity contribution in [2.75, 3.05) is 13.7 Å². The third-order valence-corrected chi connectivity index (χ3v) is 9.11. The third-order valence-electron chi connectivity index (χ3n) is 9.11. The molecule has 0 saturated carbocycles. The van der Waals surface area contributed by atoms with Crippen LogP contribution in [0.4, 0.5) is 0 Å². The molecule has 1 aromatic heterocycles. The molecule has 8 rings (SSSR count). The number of carbonyl (C=O) groups is 1. The minimum Gasteiger partial charge on any atom is -0.493 e. The summed E-state index contributed by atoms with van der Waals surface area (Å²) in [6, 6.07) is 20.9. The van der Waals surface area contributed by atoms with Crippen molar-refractivity contribution in [1.29, 1.82) is 0 Å². The van der Waals surface area contributed by atoms with Crippen LogP contribution in [0.5, 0.6) is 11.5 Å². The van der Waals surface area contributed by atoms with Gasteiger partial charge in [-0.3, -0.25) is 4.79 Å². The highest BCUT2D eigenvalue weighted by atomic mass is 16.5. The first kappa shape index (κ1) is 20.4. The van der Waals surface area contributed by atoms with E-state index in [1.165, 1.54) is 0 Å². The molecule has 3 aromatic carbocycles. The van der Waals surface area contributed by atoms with E-state index in [1.54, 1.807) is 7.11 Å². The largest absolute Gasteiger partial charge is 0.493 e. The van der Waals surface area contributed by atoms with Gasteiger partial charge < -0.3 is 23.9 Å². The molecule has 3 heterocycles. The second kappa shape index (κ2) is 6.71. The number of para-hydroxylation sites is 1. The van der Waals surface area contributed by atoms with Crippen LogP contribution in [0, 0.1) is 0 Å². The molecule has 2 bridgehead atoms. The van der Waals surface area contributed by atoms with Crippen LogP contribution < -0.4 is 9.47 Å². The molecule has 4 aliphatic rings. The number of ether oxygens (including phenoxy) is 2. The van der Waals surface area contributed by atoms with Crippen molar-refractivity contribution in [2.45, 2.75) is 42.4 Å². The zero-order chi connectivity index (χ0) is 24.2. The van der Waals surface area contributed by atoms with Crippen LogP contribution >= 0.6 is 0 Å². The first-order valence-corrected chi connectivity index (χ1v) is 12.5. The van der Waals surface area contributed by atoms with Gasteiger partial charge in [-0.1, -0.05) is 42.5 Å². The van der Waals surface area contributed by atoms with E-state index in [0.29, 0.717) is 42.9 Å². The summed E-state index contributed by atoms with van der Waals surface area (Å²) < 4.78 is 18.9. The normalized spacial score (nSPS) is 28.9. The summed E-state index contributed by atoms with van der Waals surface area (Å²) in [7, 11) is 1.65. The summed E-state index contributed by atoms with van der Waals surface area (Å²) in [4.78, 5) is 15.7. The van der Waals surface area contributed by atoms with Crippen LogP contribution in [-0.2, 0) is 18.3 Å². The SMILES string of the molecule is COc1ccc2c3c1O[C@H]1c4oc5ccccc5c4C[C@@]4(O)[C@@H](C2)N(C(=O)c2ccccc2)CC[C@]314. The number of hydrogen-bond donors (Lipinski definition) is 1. The summed E-state index contributed by atoms with van der Waals surface area (Å²) in [6.45, 7) is 0.534. The second-order valence-corrected chi connectivity index (χ2v) is 10.5. The molecule has 0 radical (unpaired) electrons. The van der Waals surface area contributed by atoms with E-state index in [1.807, 2.05) is 65.6 Å². The number of methoxy groups -OCH3 is 1. The third kappa shape index (κ3) is 2.20. The smallest absolute Gasteiger partial charge is 0.254 e. The lowest BCUT2D eigenvalue weighted by molar-refractivity contribution is -0.165. The number of amides is 1. The number of piperidine rings is 1. The molecule has 1 fully saturated rings. The summed E-state index contributed by atoms with van der Waals surface area (Å²) in [5.74, 6) is 2.11. The number of fused-ring (bicyclic) bond motifs is 4. The summed E-state index contributed by atoms with van der Waals surface area (Å²) in [5, 5.41) is 13.9. The number of carbonyl (C=O) groups excluding carboxylic acids is 1. The number of likely N-dealkylation sites (tertiary alicyclic amines) is 1. The first-order valence-electron chi connectivity index (χ1n) is 12.5. The maximum Gasteiger partial charge on any atom is 0.254 e. The van der Waals surface area contributed by atoms with Crippen LogP contribution in [0.25, 0.3) is 11.0 Å². The number of hydrogen-bond acceptors (Lipinski definition) is 5. The van der Waals surface area contributed by atoms with E-state index in [0.717, 1.165) is 33.4 Å². The van der Waals surface area contributed by atoms with Crippen molar-refractivity contribution < 1.29 is 23.8 Å². The van der Waals surface area contributed by atoms with E-state index in [2.05, 4.69) is 6.07 Å². The predicted octanol–water partition coefficient (Wildman–Crippen LogP) is 4.57. The van der Waals surface area contributed by atoms with Crippen LogP contribution in [0.2, 0.25) is 0 Å². The van der Waals surface area contributed by atoms with Gasteiger partial charge in [0.15, 0.2) is 17.6 Å². The van der Waals surface area contributed by atoms with Crippen molar-refractivity contribution in [3.8, 4) is 11.5 Å². The number of benzene rings is 3. The van der Waals surface area contributed by atoms with Gasteiger partial charge in [0, 0.05) is 35.0 Å². The molecule has 180 valence electrons. The Morgan fingerprint density at radius 3 is 2.72 bits per heavy atom. The quantitative estimate of drug-likeness (QED) is 0.456. The zero-order valence-corrected chi connectivity index (χ0v) is 19.9. The lowest BCUT2D eigenvalue weighted by Gasteiger charge is -2.62. The molecule has 2 aliphatic heterocycles. The van der Waals surface area contributed by atoms with Crippen molar-refractivity contribution in [2.24, 2.45) is 0 Å². The fourth-order valence-electron chi connectivity index (χ4n) is 7.63. The Morgan fingerprint density at radius 1 is 1.08 bits per heavy atom. The molecule has 6 nitrogen and oxygen atoms in total. The summed E-state index contributed by atoms with van der Waals surface area (Å²) in [6.07, 6.45) is 1.05. The van der Waals surface area contributed by atoms with Crippen LogP contribution in [0.15, 0.2) is 71.1 Å². The lowest BCUT2D eigenvalue weighted by Crippen LogP contribution is -2.75. The Labute approximate surface area is 208 Å². The minimum atomic E-state index is -1.22. The Morgan fingerprint density at radius 2 is 1.89 bits per heavy atom. The average Bonchev–Trinajstić information content (AvgIpc) is 3.44.